The Morgan fingerprint density at radius 2 is 1.60 bits per heavy atom. The average Bonchev–Trinajstić information content (AvgIpc) is 3.03. The molecule has 1 aromatic heterocycles. The summed E-state index contributed by atoms with van der Waals surface area (Å²) in [5, 5.41) is 7.04. The minimum absolute atomic E-state index is 0.314. The maximum absolute atomic E-state index is 12.0. The van der Waals surface area contributed by atoms with E-state index in [1.54, 1.807) is 24.3 Å². The number of imide groups is 1. The number of nitrogens with zero attached hydrogens (tertiary/aromatic N) is 4. The van der Waals surface area contributed by atoms with Gasteiger partial charge in [-0.2, -0.15) is 0 Å². The molecule has 2 heterocycles. The van der Waals surface area contributed by atoms with Crippen molar-refractivity contribution in [2.24, 2.45) is 0 Å². The third kappa shape index (κ3) is 1.92. The van der Waals surface area contributed by atoms with Crippen LogP contribution in [0.1, 0.15) is 20.7 Å². The fourth-order valence-corrected chi connectivity index (χ4v) is 1.96. The molecule has 3 amide bonds. The van der Waals surface area contributed by atoms with Crippen molar-refractivity contribution in [3.05, 3.63) is 48.0 Å². The van der Waals surface area contributed by atoms with Crippen LogP contribution >= 0.6 is 0 Å². The summed E-state index contributed by atoms with van der Waals surface area (Å²) in [4.78, 5) is 36.8. The lowest BCUT2D eigenvalue weighted by molar-refractivity contribution is -0.117. The molecule has 1 N–H and O–H groups in total. The molecule has 1 aliphatic rings. The summed E-state index contributed by atoms with van der Waals surface area (Å²) in [6.07, 6.45) is 2.58. The summed E-state index contributed by atoms with van der Waals surface area (Å²) in [5.41, 5.74) is 3.05. The Morgan fingerprint density at radius 1 is 1.05 bits per heavy atom. The molecule has 0 spiro atoms. The third-order valence-corrected chi connectivity index (χ3v) is 2.85. The van der Waals surface area contributed by atoms with E-state index in [9.17, 15) is 14.4 Å². The van der Waals surface area contributed by atoms with Gasteiger partial charge in [0.25, 0.3) is 17.7 Å². The van der Waals surface area contributed by atoms with Crippen LogP contribution < -0.4 is 5.43 Å². The van der Waals surface area contributed by atoms with Crippen molar-refractivity contribution in [3.8, 4) is 0 Å². The number of aromatic nitrogens is 3. The highest BCUT2D eigenvalue weighted by Crippen LogP contribution is 2.21. The zero-order chi connectivity index (χ0) is 14.1. The van der Waals surface area contributed by atoms with Crippen LogP contribution in [0.4, 0.5) is 0 Å². The molecule has 0 saturated carbocycles. The summed E-state index contributed by atoms with van der Waals surface area (Å²) in [6.45, 7) is -0.357. The molecule has 0 atom stereocenters. The first kappa shape index (κ1) is 12.0. The van der Waals surface area contributed by atoms with Crippen molar-refractivity contribution in [1.82, 2.24) is 19.8 Å². The lowest BCUT2D eigenvalue weighted by Gasteiger charge is -2.13. The van der Waals surface area contributed by atoms with Gasteiger partial charge in [0.05, 0.1) is 11.1 Å². The van der Waals surface area contributed by atoms with Gasteiger partial charge in [0, 0.05) is 0 Å². The molecule has 20 heavy (non-hydrogen) atoms. The molecule has 1 aromatic carbocycles. The minimum atomic E-state index is -0.515. The summed E-state index contributed by atoms with van der Waals surface area (Å²) >= 11 is 0. The van der Waals surface area contributed by atoms with Crippen LogP contribution in [-0.4, -0.2) is 44.0 Å². The van der Waals surface area contributed by atoms with E-state index in [1.165, 1.54) is 17.3 Å². The van der Waals surface area contributed by atoms with E-state index in [1.807, 2.05) is 0 Å². The average molecular weight is 271 g/mol. The van der Waals surface area contributed by atoms with Gasteiger partial charge in [-0.25, -0.2) is 4.68 Å². The Balaban J connectivity index is 1.75. The summed E-state index contributed by atoms with van der Waals surface area (Å²) in [6, 6.07) is 6.47. The SMILES string of the molecule is O=C(CN1C(=O)c2ccccc2C1=O)Nn1cnnc1. The van der Waals surface area contributed by atoms with Crippen LogP contribution in [0.25, 0.3) is 0 Å². The van der Waals surface area contributed by atoms with Gasteiger partial charge in [0.2, 0.25) is 0 Å². The Hall–Kier alpha value is -3.03. The molecular formula is C12H9N5O3. The smallest absolute Gasteiger partial charge is 0.262 e. The highest BCUT2D eigenvalue weighted by atomic mass is 16.2. The molecule has 100 valence electrons. The van der Waals surface area contributed by atoms with Gasteiger partial charge in [-0.15, -0.1) is 10.2 Å². The molecule has 0 radical (unpaired) electrons. The lowest BCUT2D eigenvalue weighted by Crippen LogP contribution is -2.39. The van der Waals surface area contributed by atoms with Gasteiger partial charge in [0.15, 0.2) is 0 Å². The van der Waals surface area contributed by atoms with Crippen LogP contribution in [0.2, 0.25) is 0 Å². The number of nitrogens with one attached hydrogen (secondary N) is 1. The molecule has 0 unspecified atom stereocenters. The van der Waals surface area contributed by atoms with Crippen LogP contribution in [0.15, 0.2) is 36.9 Å². The van der Waals surface area contributed by atoms with Gasteiger partial charge < -0.3 is 0 Å². The van der Waals surface area contributed by atoms with Crippen molar-refractivity contribution >= 4 is 17.7 Å². The second kappa shape index (κ2) is 4.57. The highest BCUT2D eigenvalue weighted by molar-refractivity contribution is 6.22. The zero-order valence-electron chi connectivity index (χ0n) is 10.2. The second-order valence-electron chi connectivity index (χ2n) is 4.15. The molecule has 2 aromatic rings. The lowest BCUT2D eigenvalue weighted by atomic mass is 10.1. The number of hydrogen-bond donors (Lipinski definition) is 1. The quantitative estimate of drug-likeness (QED) is 0.769. The van der Waals surface area contributed by atoms with E-state index in [-0.39, 0.29) is 6.54 Å². The van der Waals surface area contributed by atoms with Crippen molar-refractivity contribution in [1.29, 1.82) is 0 Å². The van der Waals surface area contributed by atoms with Crippen LogP contribution in [0.3, 0.4) is 0 Å². The van der Waals surface area contributed by atoms with E-state index in [4.69, 9.17) is 0 Å². The number of hydrogen-bond acceptors (Lipinski definition) is 5. The number of fused-ring (bicyclic) bond motifs is 1. The molecule has 1 aliphatic heterocycles. The number of carbonyl (C=O) groups is 3. The van der Waals surface area contributed by atoms with Crippen LogP contribution in [0.5, 0.6) is 0 Å². The van der Waals surface area contributed by atoms with E-state index in [2.05, 4.69) is 15.6 Å². The van der Waals surface area contributed by atoms with Crippen molar-refractivity contribution in [3.63, 3.8) is 0 Å². The van der Waals surface area contributed by atoms with E-state index in [0.29, 0.717) is 11.1 Å². The van der Waals surface area contributed by atoms with E-state index in [0.717, 1.165) is 4.90 Å². The van der Waals surface area contributed by atoms with Gasteiger partial charge in [-0.05, 0) is 12.1 Å². The van der Waals surface area contributed by atoms with Crippen LogP contribution in [-0.2, 0) is 4.79 Å². The molecule has 0 aliphatic carbocycles. The van der Waals surface area contributed by atoms with Gasteiger partial charge in [0.1, 0.15) is 19.2 Å². The normalized spacial score (nSPS) is 13.5. The maximum Gasteiger partial charge on any atom is 0.262 e. The fraction of sp³-hybridized carbons (Fsp3) is 0.0833. The first-order valence-electron chi connectivity index (χ1n) is 5.76. The molecule has 3 rings (SSSR count). The van der Waals surface area contributed by atoms with E-state index < -0.39 is 17.7 Å². The second-order valence-corrected chi connectivity index (χ2v) is 4.15. The maximum atomic E-state index is 12.0. The summed E-state index contributed by atoms with van der Waals surface area (Å²) < 4.78 is 1.24. The molecule has 0 fully saturated rings. The topological polar surface area (TPSA) is 97.2 Å². The Kier molecular flexibility index (Phi) is 2.75. The fourth-order valence-electron chi connectivity index (χ4n) is 1.96. The summed E-state index contributed by atoms with van der Waals surface area (Å²) in [7, 11) is 0. The molecular weight excluding hydrogens is 262 g/mol. The standard InChI is InChI=1S/C12H9N5O3/c18-10(15-16-6-13-14-7-16)5-17-11(19)8-3-1-2-4-9(8)12(17)20/h1-4,6-7H,5H2,(H,15,18). The monoisotopic (exact) mass is 271 g/mol. The predicted octanol–water partition coefficient (Wildman–Crippen LogP) is -0.356. The molecule has 0 saturated heterocycles. The molecule has 8 heteroatoms. The first-order chi connectivity index (χ1) is 9.66. The number of carbonyl (C=O) groups excluding carboxylic acids is 3. The predicted molar refractivity (Wildman–Crippen MR) is 66.2 cm³/mol. The Morgan fingerprint density at radius 3 is 2.15 bits per heavy atom. The zero-order valence-corrected chi connectivity index (χ0v) is 10.2. The number of amides is 3. The minimum Gasteiger partial charge on any atom is -0.271 e. The first-order valence-corrected chi connectivity index (χ1v) is 5.76. The largest absolute Gasteiger partial charge is 0.271 e. The summed E-state index contributed by atoms with van der Waals surface area (Å²) in [5.74, 6) is -1.45. The number of rotatable bonds is 3. The Labute approximate surface area is 113 Å². The van der Waals surface area contributed by atoms with Crippen molar-refractivity contribution in [2.45, 2.75) is 0 Å². The molecule has 8 nitrogen and oxygen atoms in total. The Bertz CT molecular complexity index is 660. The van der Waals surface area contributed by atoms with Crippen molar-refractivity contribution in [2.75, 3.05) is 12.0 Å². The number of benzene rings is 1. The third-order valence-electron chi connectivity index (χ3n) is 2.85. The van der Waals surface area contributed by atoms with E-state index >= 15 is 0 Å². The van der Waals surface area contributed by atoms with Gasteiger partial charge in [-0.1, -0.05) is 12.1 Å². The highest BCUT2D eigenvalue weighted by Gasteiger charge is 2.36. The van der Waals surface area contributed by atoms with Crippen molar-refractivity contribution < 1.29 is 14.4 Å². The van der Waals surface area contributed by atoms with Crippen LogP contribution in [0, 0.1) is 0 Å². The van der Waals surface area contributed by atoms with Gasteiger partial charge >= 0.3 is 0 Å². The molecule has 0 bridgehead atoms. The van der Waals surface area contributed by atoms with Gasteiger partial charge in [-0.3, -0.25) is 24.7 Å².